The highest BCUT2D eigenvalue weighted by molar-refractivity contribution is 5.94. The summed E-state index contributed by atoms with van der Waals surface area (Å²) in [6, 6.07) is 3.26. The molecule has 0 bridgehead atoms. The van der Waals surface area contributed by atoms with Crippen LogP contribution in [0.1, 0.15) is 25.8 Å². The van der Waals surface area contributed by atoms with Crippen molar-refractivity contribution in [3.63, 3.8) is 0 Å². The summed E-state index contributed by atoms with van der Waals surface area (Å²) in [6.45, 7) is 2.67. The summed E-state index contributed by atoms with van der Waals surface area (Å²) in [6.07, 6.45) is -0.871. The van der Waals surface area contributed by atoms with E-state index in [-0.39, 0.29) is 6.42 Å². The first-order valence-electron chi connectivity index (χ1n) is 10.2. The maximum absolute atomic E-state index is 12.9. The number of carboxylic acid groups (broad SMARTS) is 2. The van der Waals surface area contributed by atoms with E-state index in [0.29, 0.717) is 5.56 Å². The quantitative estimate of drug-likeness (QED) is 0.175. The highest BCUT2D eigenvalue weighted by Gasteiger charge is 2.32. The van der Waals surface area contributed by atoms with Gasteiger partial charge in [0.05, 0.1) is 13.0 Å². The third kappa shape index (κ3) is 9.25. The number of hydrogen-bond donors (Lipinski definition) is 7. The van der Waals surface area contributed by atoms with E-state index in [2.05, 4.69) is 16.0 Å². The van der Waals surface area contributed by atoms with Crippen LogP contribution >= 0.6 is 0 Å². The summed E-state index contributed by atoms with van der Waals surface area (Å²) >= 11 is 0. The van der Waals surface area contributed by atoms with Gasteiger partial charge in [0.15, 0.2) is 0 Å². The van der Waals surface area contributed by atoms with Crippen molar-refractivity contribution in [2.75, 3.05) is 6.61 Å². The molecule has 0 heterocycles. The van der Waals surface area contributed by atoms with E-state index in [1.807, 2.05) is 0 Å². The van der Waals surface area contributed by atoms with E-state index in [9.17, 15) is 29.1 Å². The molecule has 1 aromatic carbocycles. The zero-order chi connectivity index (χ0) is 25.1. The maximum atomic E-state index is 12.9. The lowest BCUT2D eigenvalue weighted by atomic mass is 10.0. The largest absolute Gasteiger partial charge is 0.481 e. The lowest BCUT2D eigenvalue weighted by Gasteiger charge is -2.26. The van der Waals surface area contributed by atoms with Crippen LogP contribution in [0.25, 0.3) is 0 Å². The molecule has 12 heteroatoms. The Hall–Kier alpha value is -3.51. The minimum atomic E-state index is -1.70. The predicted molar refractivity (Wildman–Crippen MR) is 116 cm³/mol. The van der Waals surface area contributed by atoms with Gasteiger partial charge in [-0.1, -0.05) is 44.2 Å². The molecule has 4 unspecified atom stereocenters. The molecule has 0 aromatic heterocycles. The third-order valence-electron chi connectivity index (χ3n) is 4.69. The van der Waals surface area contributed by atoms with Gasteiger partial charge < -0.3 is 37.0 Å². The maximum Gasteiger partial charge on any atom is 0.326 e. The Morgan fingerprint density at radius 1 is 0.879 bits per heavy atom. The lowest BCUT2D eigenvalue weighted by Crippen LogP contribution is -2.59. The van der Waals surface area contributed by atoms with Crippen LogP contribution in [0.5, 0.6) is 0 Å². The van der Waals surface area contributed by atoms with Gasteiger partial charge in [-0.3, -0.25) is 19.2 Å². The second-order valence-electron chi connectivity index (χ2n) is 7.77. The van der Waals surface area contributed by atoms with Gasteiger partial charge >= 0.3 is 11.9 Å². The van der Waals surface area contributed by atoms with Crippen LogP contribution in [0.15, 0.2) is 30.3 Å². The van der Waals surface area contributed by atoms with Crippen LogP contribution in [0.4, 0.5) is 0 Å². The van der Waals surface area contributed by atoms with Crippen LogP contribution in [0, 0.1) is 5.92 Å². The Labute approximate surface area is 190 Å². The number of amides is 3. The van der Waals surface area contributed by atoms with Crippen LogP contribution < -0.4 is 21.7 Å². The minimum absolute atomic E-state index is 0.0211. The molecule has 182 valence electrons. The number of aliphatic hydroxyl groups is 1. The number of carbonyl (C=O) groups excluding carboxylic acids is 3. The van der Waals surface area contributed by atoms with Crippen molar-refractivity contribution in [2.45, 2.75) is 50.9 Å². The van der Waals surface area contributed by atoms with Gasteiger partial charge in [-0.15, -0.1) is 0 Å². The van der Waals surface area contributed by atoms with Gasteiger partial charge in [0.25, 0.3) is 0 Å². The average molecular weight is 466 g/mol. The van der Waals surface area contributed by atoms with Crippen LogP contribution in [-0.2, 0) is 30.4 Å². The summed E-state index contributed by atoms with van der Waals surface area (Å²) in [4.78, 5) is 60.1. The number of nitrogens with one attached hydrogen (secondary N) is 3. The standard InChI is InChI=1S/C21H30N4O8/c1-11(2)17(25-18(29)13(22)10-26)20(31)23-14(8-12-6-4-3-5-7-12)19(30)24-15(21(32)33)9-16(27)28/h3-7,11,13-15,17,26H,8-10,22H2,1-2H3,(H,23,31)(H,24,30)(H,25,29)(H,27,28)(H,32,33). The molecule has 12 nitrogen and oxygen atoms in total. The van der Waals surface area contributed by atoms with Crippen molar-refractivity contribution < 1.29 is 39.3 Å². The topological polar surface area (TPSA) is 208 Å². The Morgan fingerprint density at radius 3 is 1.94 bits per heavy atom. The smallest absolute Gasteiger partial charge is 0.326 e. The molecule has 8 N–H and O–H groups in total. The fourth-order valence-corrected chi connectivity index (χ4v) is 2.85. The molecule has 0 aliphatic carbocycles. The van der Waals surface area contributed by atoms with Gasteiger partial charge in [-0.25, -0.2) is 4.79 Å². The molecule has 1 rings (SSSR count). The first-order valence-corrected chi connectivity index (χ1v) is 10.2. The first-order chi connectivity index (χ1) is 15.5. The van der Waals surface area contributed by atoms with E-state index in [0.717, 1.165) is 0 Å². The molecule has 0 saturated carbocycles. The monoisotopic (exact) mass is 466 g/mol. The van der Waals surface area contributed by atoms with Crippen molar-refractivity contribution >= 4 is 29.7 Å². The second kappa shape index (κ2) is 13.1. The molecule has 33 heavy (non-hydrogen) atoms. The molecule has 3 amide bonds. The Morgan fingerprint density at radius 2 is 1.45 bits per heavy atom. The third-order valence-corrected chi connectivity index (χ3v) is 4.69. The van der Waals surface area contributed by atoms with Crippen molar-refractivity contribution in [1.29, 1.82) is 0 Å². The summed E-state index contributed by atoms with van der Waals surface area (Å²) in [5.41, 5.74) is 6.13. The van der Waals surface area contributed by atoms with Crippen molar-refractivity contribution in [1.82, 2.24) is 16.0 Å². The first kappa shape index (κ1) is 27.5. The zero-order valence-corrected chi connectivity index (χ0v) is 18.4. The Kier molecular flexibility index (Phi) is 11.0. The van der Waals surface area contributed by atoms with E-state index >= 15 is 0 Å². The molecule has 0 radical (unpaired) electrons. The molecular weight excluding hydrogens is 436 g/mol. The number of aliphatic carboxylic acids is 2. The lowest BCUT2D eigenvalue weighted by molar-refractivity contribution is -0.147. The SMILES string of the molecule is CC(C)C(NC(=O)C(N)CO)C(=O)NC(Cc1ccccc1)C(=O)NC(CC(=O)O)C(=O)O. The summed E-state index contributed by atoms with van der Waals surface area (Å²) in [5.74, 6) is -5.77. The fourth-order valence-electron chi connectivity index (χ4n) is 2.85. The molecule has 0 aliphatic heterocycles. The van der Waals surface area contributed by atoms with Gasteiger partial charge in [0, 0.05) is 6.42 Å². The van der Waals surface area contributed by atoms with Crippen LogP contribution in [-0.4, -0.2) is 75.8 Å². The number of aliphatic hydroxyl groups excluding tert-OH is 1. The number of benzene rings is 1. The van der Waals surface area contributed by atoms with Crippen molar-refractivity contribution in [3.05, 3.63) is 35.9 Å². The molecule has 0 spiro atoms. The number of hydrogen-bond acceptors (Lipinski definition) is 7. The number of rotatable bonds is 13. The zero-order valence-electron chi connectivity index (χ0n) is 18.4. The van der Waals surface area contributed by atoms with Crippen LogP contribution in [0.2, 0.25) is 0 Å². The normalized spacial score (nSPS) is 14.5. The summed E-state index contributed by atoms with van der Waals surface area (Å²) < 4.78 is 0. The van der Waals surface area contributed by atoms with Gasteiger partial charge in [-0.2, -0.15) is 0 Å². The average Bonchev–Trinajstić information content (AvgIpc) is 2.75. The van der Waals surface area contributed by atoms with Crippen molar-refractivity contribution in [2.24, 2.45) is 11.7 Å². The van der Waals surface area contributed by atoms with E-state index in [1.165, 1.54) is 0 Å². The summed E-state index contributed by atoms with van der Waals surface area (Å²) in [5, 5.41) is 34.2. The molecular formula is C21H30N4O8. The molecule has 0 saturated heterocycles. The fraction of sp³-hybridized carbons (Fsp3) is 0.476. The summed E-state index contributed by atoms with van der Waals surface area (Å²) in [7, 11) is 0. The molecule has 4 atom stereocenters. The van der Waals surface area contributed by atoms with Gasteiger partial charge in [0.2, 0.25) is 17.7 Å². The second-order valence-corrected chi connectivity index (χ2v) is 7.77. The van der Waals surface area contributed by atoms with E-state index in [4.69, 9.17) is 15.9 Å². The Balaban J connectivity index is 3.10. The van der Waals surface area contributed by atoms with Gasteiger partial charge in [0.1, 0.15) is 24.2 Å². The molecule has 1 aromatic rings. The van der Waals surface area contributed by atoms with Crippen LogP contribution in [0.3, 0.4) is 0 Å². The Bertz CT molecular complexity index is 846. The predicted octanol–water partition coefficient (Wildman–Crippen LogP) is -1.78. The number of carboxylic acids is 2. The van der Waals surface area contributed by atoms with E-state index in [1.54, 1.807) is 44.2 Å². The number of nitrogens with two attached hydrogens (primary N) is 1. The van der Waals surface area contributed by atoms with Crippen molar-refractivity contribution in [3.8, 4) is 0 Å². The minimum Gasteiger partial charge on any atom is -0.481 e. The highest BCUT2D eigenvalue weighted by Crippen LogP contribution is 2.08. The molecule has 0 fully saturated rings. The van der Waals surface area contributed by atoms with E-state index < -0.39 is 72.8 Å². The van der Waals surface area contributed by atoms with Gasteiger partial charge in [-0.05, 0) is 11.5 Å². The highest BCUT2D eigenvalue weighted by atomic mass is 16.4. The number of carbonyl (C=O) groups is 5. The molecule has 0 aliphatic rings.